The van der Waals surface area contributed by atoms with Gasteiger partial charge in [-0.25, -0.2) is 0 Å². The van der Waals surface area contributed by atoms with Gasteiger partial charge < -0.3 is 30.7 Å². The number of ether oxygens (including phenoxy) is 2. The number of aliphatic carboxylic acids is 2. The standard InChI is InChI=1S/C22H25Cl2N3O2.C4H6O4/c1-13-8-10-26-21-18(27-14(2)5-4-9-25)12-19(28-3)22(20(13)21)29-15-6-7-16(23)17(24)11-15;5-3(6)1-2-4(7)8/h6-8,10-12,14,27H,4-5,9,25H2,1-3H3;1-2H2,(H,5,6)(H,7,8)/t14-;/m1./s1. The van der Waals surface area contributed by atoms with E-state index in [0.29, 0.717) is 33.8 Å². The number of anilines is 1. The molecular formula is C26H31Cl2N3O6. The number of aryl methyl sites for hydroxylation is 1. The van der Waals surface area contributed by atoms with Crippen LogP contribution in [0.4, 0.5) is 5.69 Å². The third-order valence-electron chi connectivity index (χ3n) is 5.27. The van der Waals surface area contributed by atoms with E-state index in [1.807, 2.05) is 19.1 Å². The van der Waals surface area contributed by atoms with E-state index in [2.05, 4.69) is 17.2 Å². The highest BCUT2D eigenvalue weighted by Crippen LogP contribution is 2.44. The van der Waals surface area contributed by atoms with Crippen LogP contribution in [0.25, 0.3) is 10.9 Å². The maximum Gasteiger partial charge on any atom is 0.303 e. The molecule has 1 atom stereocenters. The Balaban J connectivity index is 0.000000521. The van der Waals surface area contributed by atoms with Crippen molar-refractivity contribution in [3.63, 3.8) is 0 Å². The summed E-state index contributed by atoms with van der Waals surface area (Å²) >= 11 is 12.2. The van der Waals surface area contributed by atoms with E-state index in [1.54, 1.807) is 31.5 Å². The van der Waals surface area contributed by atoms with Crippen LogP contribution in [0.3, 0.4) is 0 Å². The zero-order chi connectivity index (χ0) is 27.5. The first kappa shape index (κ1) is 30.0. The number of carboxylic acids is 2. The average molecular weight is 552 g/mol. The van der Waals surface area contributed by atoms with Crippen molar-refractivity contribution in [2.24, 2.45) is 5.73 Å². The minimum atomic E-state index is -1.08. The number of fused-ring (bicyclic) bond motifs is 1. The van der Waals surface area contributed by atoms with E-state index in [0.717, 1.165) is 35.0 Å². The van der Waals surface area contributed by atoms with Gasteiger partial charge in [0, 0.05) is 24.4 Å². The van der Waals surface area contributed by atoms with Gasteiger partial charge in [0.25, 0.3) is 0 Å². The Morgan fingerprint density at radius 1 is 1.11 bits per heavy atom. The third kappa shape index (κ3) is 8.96. The maximum atomic E-state index is 9.64. The monoisotopic (exact) mass is 551 g/mol. The van der Waals surface area contributed by atoms with E-state index >= 15 is 0 Å². The highest BCUT2D eigenvalue weighted by Gasteiger charge is 2.19. The van der Waals surface area contributed by atoms with Crippen LogP contribution in [0.2, 0.25) is 10.0 Å². The summed E-state index contributed by atoms with van der Waals surface area (Å²) in [5.74, 6) is -0.390. The van der Waals surface area contributed by atoms with E-state index in [1.165, 1.54) is 0 Å². The highest BCUT2D eigenvalue weighted by molar-refractivity contribution is 6.42. The topological polar surface area (TPSA) is 144 Å². The lowest BCUT2D eigenvalue weighted by Crippen LogP contribution is -2.17. The summed E-state index contributed by atoms with van der Waals surface area (Å²) in [7, 11) is 1.62. The van der Waals surface area contributed by atoms with Crippen molar-refractivity contribution >= 4 is 51.7 Å². The van der Waals surface area contributed by atoms with Gasteiger partial charge in [0.05, 0.1) is 46.6 Å². The zero-order valence-electron chi connectivity index (χ0n) is 20.9. The lowest BCUT2D eigenvalue weighted by Gasteiger charge is -2.20. The lowest BCUT2D eigenvalue weighted by atomic mass is 10.1. The molecule has 11 heteroatoms. The van der Waals surface area contributed by atoms with Gasteiger partial charge in [0.15, 0.2) is 11.5 Å². The SMILES string of the molecule is COc1cc(N[C@H](C)CCCN)c2nccc(C)c2c1Oc1ccc(Cl)c(Cl)c1.O=C(O)CCC(=O)O. The Morgan fingerprint density at radius 2 is 1.78 bits per heavy atom. The van der Waals surface area contributed by atoms with Crippen molar-refractivity contribution in [1.29, 1.82) is 0 Å². The first-order valence-electron chi connectivity index (χ1n) is 11.6. The molecule has 0 spiro atoms. The summed E-state index contributed by atoms with van der Waals surface area (Å²) in [6.45, 7) is 4.82. The van der Waals surface area contributed by atoms with Gasteiger partial charge in [-0.3, -0.25) is 14.6 Å². The van der Waals surface area contributed by atoms with Crippen molar-refractivity contribution in [3.05, 3.63) is 52.1 Å². The van der Waals surface area contributed by atoms with Crippen molar-refractivity contribution in [2.45, 2.75) is 45.6 Å². The number of methoxy groups -OCH3 is 1. The second kappa shape index (κ2) is 14.5. The van der Waals surface area contributed by atoms with Gasteiger partial charge in [-0.15, -0.1) is 0 Å². The number of carboxylic acid groups (broad SMARTS) is 2. The summed E-state index contributed by atoms with van der Waals surface area (Å²) in [4.78, 5) is 23.9. The molecule has 0 unspecified atom stereocenters. The van der Waals surface area contributed by atoms with E-state index < -0.39 is 11.9 Å². The smallest absolute Gasteiger partial charge is 0.303 e. The molecular weight excluding hydrogens is 521 g/mol. The Morgan fingerprint density at radius 3 is 2.35 bits per heavy atom. The fourth-order valence-electron chi connectivity index (χ4n) is 3.43. The second-order valence-electron chi connectivity index (χ2n) is 8.25. The number of benzene rings is 2. The number of nitrogens with zero attached hydrogens (tertiary/aromatic N) is 1. The number of hydrogen-bond acceptors (Lipinski definition) is 7. The average Bonchev–Trinajstić information content (AvgIpc) is 2.85. The zero-order valence-corrected chi connectivity index (χ0v) is 22.4. The molecule has 0 saturated heterocycles. The van der Waals surface area contributed by atoms with Gasteiger partial charge in [-0.2, -0.15) is 0 Å². The summed E-state index contributed by atoms with van der Waals surface area (Å²) in [6, 6.07) is 9.27. The summed E-state index contributed by atoms with van der Waals surface area (Å²) in [5.41, 5.74) is 8.39. The first-order valence-corrected chi connectivity index (χ1v) is 12.3. The minimum Gasteiger partial charge on any atom is -0.493 e. The summed E-state index contributed by atoms with van der Waals surface area (Å²) < 4.78 is 11.9. The molecule has 5 N–H and O–H groups in total. The Kier molecular flexibility index (Phi) is 11.7. The quantitative estimate of drug-likeness (QED) is 0.221. The van der Waals surface area contributed by atoms with Gasteiger partial charge >= 0.3 is 11.9 Å². The molecule has 2 aromatic carbocycles. The largest absolute Gasteiger partial charge is 0.493 e. The van der Waals surface area contributed by atoms with Crippen LogP contribution in [0.5, 0.6) is 17.2 Å². The third-order valence-corrected chi connectivity index (χ3v) is 6.01. The van der Waals surface area contributed by atoms with Crippen molar-refractivity contribution in [2.75, 3.05) is 19.0 Å². The fourth-order valence-corrected chi connectivity index (χ4v) is 3.72. The molecule has 200 valence electrons. The van der Waals surface area contributed by atoms with Crippen molar-refractivity contribution in [1.82, 2.24) is 4.98 Å². The van der Waals surface area contributed by atoms with Gasteiger partial charge in [-0.1, -0.05) is 23.2 Å². The number of carbonyl (C=O) groups is 2. The van der Waals surface area contributed by atoms with Gasteiger partial charge in [0.1, 0.15) is 5.75 Å². The number of rotatable bonds is 11. The van der Waals surface area contributed by atoms with Crippen LogP contribution in [0, 0.1) is 6.92 Å². The minimum absolute atomic E-state index is 0.246. The van der Waals surface area contributed by atoms with Gasteiger partial charge in [-0.05, 0) is 57.0 Å². The van der Waals surface area contributed by atoms with E-state index in [4.69, 9.17) is 48.6 Å². The number of pyridine rings is 1. The molecule has 0 bridgehead atoms. The maximum absolute atomic E-state index is 9.64. The molecule has 0 saturated carbocycles. The molecule has 0 aliphatic rings. The summed E-state index contributed by atoms with van der Waals surface area (Å²) in [6.07, 6.45) is 3.12. The molecule has 0 amide bonds. The summed E-state index contributed by atoms with van der Waals surface area (Å²) in [5, 5.41) is 21.1. The molecule has 37 heavy (non-hydrogen) atoms. The van der Waals surface area contributed by atoms with Crippen LogP contribution in [0.1, 0.15) is 38.2 Å². The Bertz CT molecular complexity index is 1220. The molecule has 1 aromatic heterocycles. The van der Waals surface area contributed by atoms with Crippen molar-refractivity contribution < 1.29 is 29.3 Å². The number of aromatic nitrogens is 1. The van der Waals surface area contributed by atoms with E-state index in [9.17, 15) is 9.59 Å². The number of nitrogens with two attached hydrogens (primary N) is 1. The highest BCUT2D eigenvalue weighted by atomic mass is 35.5. The molecule has 3 aromatic rings. The predicted molar refractivity (Wildman–Crippen MR) is 145 cm³/mol. The molecule has 3 rings (SSSR count). The number of halogens is 2. The second-order valence-corrected chi connectivity index (χ2v) is 9.06. The molecule has 0 fully saturated rings. The van der Waals surface area contributed by atoms with Crippen LogP contribution in [0.15, 0.2) is 36.5 Å². The molecule has 0 radical (unpaired) electrons. The Labute approximate surface area is 225 Å². The lowest BCUT2D eigenvalue weighted by molar-refractivity contribution is -0.143. The molecule has 0 aliphatic heterocycles. The fraction of sp³-hybridized carbons (Fsp3) is 0.346. The molecule has 9 nitrogen and oxygen atoms in total. The Hall–Kier alpha value is -3.27. The van der Waals surface area contributed by atoms with Crippen LogP contribution < -0.4 is 20.5 Å². The van der Waals surface area contributed by atoms with Crippen LogP contribution >= 0.6 is 23.2 Å². The number of hydrogen-bond donors (Lipinski definition) is 4. The van der Waals surface area contributed by atoms with E-state index in [-0.39, 0.29) is 18.9 Å². The number of nitrogens with one attached hydrogen (secondary N) is 1. The molecule has 1 heterocycles. The van der Waals surface area contributed by atoms with Crippen molar-refractivity contribution in [3.8, 4) is 17.2 Å². The first-order chi connectivity index (χ1) is 17.6. The van der Waals surface area contributed by atoms with Crippen LogP contribution in [-0.2, 0) is 9.59 Å². The predicted octanol–water partition coefficient (Wildman–Crippen LogP) is 6.13. The van der Waals surface area contributed by atoms with Gasteiger partial charge in [0.2, 0.25) is 0 Å². The normalized spacial score (nSPS) is 11.3. The molecule has 0 aliphatic carbocycles. The van der Waals surface area contributed by atoms with Crippen LogP contribution in [-0.4, -0.2) is 46.8 Å².